The van der Waals surface area contributed by atoms with E-state index in [2.05, 4.69) is 10.6 Å². The molecule has 0 saturated heterocycles. The normalized spacial score (nSPS) is 11.3. The molecule has 10 nitrogen and oxygen atoms in total. The van der Waals surface area contributed by atoms with E-state index in [1.54, 1.807) is 30.3 Å². The third-order valence-corrected chi connectivity index (χ3v) is 5.70. The lowest BCUT2D eigenvalue weighted by atomic mass is 10.0. The molecule has 10 heteroatoms. The van der Waals surface area contributed by atoms with E-state index in [0.29, 0.717) is 17.7 Å². The molecule has 0 radical (unpaired) electrons. The molecule has 0 aliphatic rings. The van der Waals surface area contributed by atoms with Gasteiger partial charge in [0.05, 0.1) is 4.92 Å². The summed E-state index contributed by atoms with van der Waals surface area (Å²) in [5.41, 5.74) is 1.55. The van der Waals surface area contributed by atoms with Gasteiger partial charge >= 0.3 is 11.7 Å². The fourth-order valence-corrected chi connectivity index (χ4v) is 3.80. The van der Waals surface area contributed by atoms with Gasteiger partial charge in [0.25, 0.3) is 5.91 Å². The number of rotatable bonds is 14. The van der Waals surface area contributed by atoms with Crippen molar-refractivity contribution >= 4 is 23.5 Å². The number of amides is 2. The average Bonchev–Trinajstić information content (AvgIpc) is 2.92. The van der Waals surface area contributed by atoms with Gasteiger partial charge in [-0.15, -0.1) is 0 Å². The minimum atomic E-state index is -1.27. The van der Waals surface area contributed by atoms with Crippen LogP contribution in [0.4, 0.5) is 5.69 Å². The summed E-state index contributed by atoms with van der Waals surface area (Å²) >= 11 is 0. The van der Waals surface area contributed by atoms with Crippen molar-refractivity contribution in [1.29, 1.82) is 0 Å². The SMILES string of the molecule is O=C(O)COc1ccc(C[C@H](NC(=O)c2ccccc2)C(=O)NCCCCc2ccccc2)cc1[N+](=O)[O-]. The Bertz CT molecular complexity index is 1250. The number of carbonyl (C=O) groups is 3. The number of unbranched alkanes of at least 4 members (excludes halogenated alkanes) is 1. The lowest BCUT2D eigenvalue weighted by Gasteiger charge is -2.19. The highest BCUT2D eigenvalue weighted by Crippen LogP contribution is 2.28. The number of nitro benzene ring substituents is 1. The number of carbonyl (C=O) groups excluding carboxylic acids is 2. The summed E-state index contributed by atoms with van der Waals surface area (Å²) in [5.74, 6) is -2.34. The molecule has 0 aromatic heterocycles. The number of nitro groups is 1. The Kier molecular flexibility index (Phi) is 10.3. The van der Waals surface area contributed by atoms with E-state index in [9.17, 15) is 24.5 Å². The second kappa shape index (κ2) is 14.1. The zero-order chi connectivity index (χ0) is 27.3. The van der Waals surface area contributed by atoms with Crippen LogP contribution in [0.25, 0.3) is 0 Å². The predicted molar refractivity (Wildman–Crippen MR) is 140 cm³/mol. The summed E-state index contributed by atoms with van der Waals surface area (Å²) in [6.07, 6.45) is 2.47. The highest BCUT2D eigenvalue weighted by Gasteiger charge is 2.24. The fraction of sp³-hybridized carbons (Fsp3) is 0.250. The molecule has 0 aliphatic carbocycles. The Morgan fingerprint density at radius 2 is 1.61 bits per heavy atom. The maximum atomic E-state index is 13.1. The van der Waals surface area contributed by atoms with Crippen molar-refractivity contribution in [3.05, 3.63) is 106 Å². The minimum Gasteiger partial charge on any atom is -0.479 e. The molecule has 38 heavy (non-hydrogen) atoms. The molecular weight excluding hydrogens is 490 g/mol. The van der Waals surface area contributed by atoms with Crippen molar-refractivity contribution in [2.45, 2.75) is 31.7 Å². The summed E-state index contributed by atoms with van der Waals surface area (Å²) in [6.45, 7) is -0.325. The molecule has 3 rings (SSSR count). The number of hydrogen-bond acceptors (Lipinski definition) is 6. The van der Waals surface area contributed by atoms with E-state index < -0.39 is 41.0 Å². The standard InChI is InChI=1S/C28H29N3O7/c32-26(33)19-38-25-15-14-21(18-24(25)31(36)37)17-23(30-27(34)22-12-5-2-6-13-22)28(35)29-16-8-7-11-20-9-3-1-4-10-20/h1-6,9-10,12-15,18,23H,7-8,11,16-17,19H2,(H,29,35)(H,30,34)(H,32,33)/t23-/m0/s1. The third kappa shape index (κ3) is 8.74. The van der Waals surface area contributed by atoms with E-state index in [4.69, 9.17) is 9.84 Å². The van der Waals surface area contributed by atoms with Crippen molar-refractivity contribution in [3.63, 3.8) is 0 Å². The van der Waals surface area contributed by atoms with Crippen molar-refractivity contribution in [2.24, 2.45) is 0 Å². The van der Waals surface area contributed by atoms with Crippen LogP contribution >= 0.6 is 0 Å². The summed E-state index contributed by atoms with van der Waals surface area (Å²) in [4.78, 5) is 47.5. The summed E-state index contributed by atoms with van der Waals surface area (Å²) in [5, 5.41) is 25.9. The van der Waals surface area contributed by atoms with Crippen LogP contribution < -0.4 is 15.4 Å². The molecule has 1 atom stereocenters. The number of nitrogens with one attached hydrogen (secondary N) is 2. The Labute approximate surface area is 219 Å². The first-order valence-electron chi connectivity index (χ1n) is 12.1. The van der Waals surface area contributed by atoms with Gasteiger partial charge in [-0.3, -0.25) is 19.7 Å². The van der Waals surface area contributed by atoms with E-state index in [1.807, 2.05) is 30.3 Å². The molecule has 198 valence electrons. The Morgan fingerprint density at radius 3 is 2.26 bits per heavy atom. The van der Waals surface area contributed by atoms with E-state index in [1.165, 1.54) is 23.8 Å². The summed E-state index contributed by atoms with van der Waals surface area (Å²) in [6, 6.07) is 21.4. The van der Waals surface area contributed by atoms with Gasteiger partial charge in [-0.1, -0.05) is 54.6 Å². The second-order valence-corrected chi connectivity index (χ2v) is 8.57. The van der Waals surface area contributed by atoms with Gasteiger partial charge in [-0.2, -0.15) is 0 Å². The molecule has 0 heterocycles. The van der Waals surface area contributed by atoms with Crippen LogP contribution in [0.3, 0.4) is 0 Å². The van der Waals surface area contributed by atoms with Crippen LogP contribution in [-0.4, -0.2) is 47.0 Å². The molecule has 3 aromatic carbocycles. The second-order valence-electron chi connectivity index (χ2n) is 8.57. The van der Waals surface area contributed by atoms with Crippen LogP contribution in [0.15, 0.2) is 78.9 Å². The Morgan fingerprint density at radius 1 is 0.921 bits per heavy atom. The topological polar surface area (TPSA) is 148 Å². The molecule has 0 saturated carbocycles. The molecule has 0 fully saturated rings. The Hall–Kier alpha value is -4.73. The fourth-order valence-electron chi connectivity index (χ4n) is 3.80. The highest BCUT2D eigenvalue weighted by molar-refractivity contribution is 5.97. The number of hydrogen-bond donors (Lipinski definition) is 3. The van der Waals surface area contributed by atoms with E-state index >= 15 is 0 Å². The predicted octanol–water partition coefficient (Wildman–Crippen LogP) is 3.54. The molecule has 0 bridgehead atoms. The molecule has 0 spiro atoms. The van der Waals surface area contributed by atoms with Gasteiger partial charge in [0.1, 0.15) is 6.04 Å². The third-order valence-electron chi connectivity index (χ3n) is 5.70. The minimum absolute atomic E-state index is 0.0194. The number of aliphatic carboxylic acids is 1. The zero-order valence-corrected chi connectivity index (χ0v) is 20.7. The van der Waals surface area contributed by atoms with Crippen molar-refractivity contribution in [3.8, 4) is 5.75 Å². The maximum absolute atomic E-state index is 13.1. The van der Waals surface area contributed by atoms with E-state index in [-0.39, 0.29) is 12.2 Å². The highest BCUT2D eigenvalue weighted by atomic mass is 16.6. The largest absolute Gasteiger partial charge is 0.479 e. The average molecular weight is 520 g/mol. The van der Waals surface area contributed by atoms with Crippen LogP contribution in [0, 0.1) is 10.1 Å². The van der Waals surface area contributed by atoms with Crippen LogP contribution in [0.5, 0.6) is 5.75 Å². The smallest absolute Gasteiger partial charge is 0.341 e. The van der Waals surface area contributed by atoms with Gasteiger partial charge in [-0.05, 0) is 48.6 Å². The molecular formula is C28H29N3O7. The first kappa shape index (κ1) is 27.9. The van der Waals surface area contributed by atoms with Crippen molar-refractivity contribution < 1.29 is 29.2 Å². The zero-order valence-electron chi connectivity index (χ0n) is 20.7. The number of carboxylic acids is 1. The molecule has 3 N–H and O–H groups in total. The van der Waals surface area contributed by atoms with Gasteiger partial charge in [0.15, 0.2) is 12.4 Å². The number of carboxylic acid groups (broad SMARTS) is 1. The van der Waals surface area contributed by atoms with Gasteiger partial charge in [0.2, 0.25) is 5.91 Å². The molecule has 3 aromatic rings. The number of ether oxygens (including phenoxy) is 1. The van der Waals surface area contributed by atoms with Crippen LogP contribution in [0.2, 0.25) is 0 Å². The van der Waals surface area contributed by atoms with Crippen LogP contribution in [-0.2, 0) is 22.4 Å². The van der Waals surface area contributed by atoms with Crippen molar-refractivity contribution in [1.82, 2.24) is 10.6 Å². The lowest BCUT2D eigenvalue weighted by Crippen LogP contribution is -2.48. The number of aryl methyl sites for hydroxylation is 1. The first-order chi connectivity index (χ1) is 18.3. The monoisotopic (exact) mass is 519 g/mol. The summed E-state index contributed by atoms with van der Waals surface area (Å²) in [7, 11) is 0. The summed E-state index contributed by atoms with van der Waals surface area (Å²) < 4.78 is 5.01. The van der Waals surface area contributed by atoms with Crippen molar-refractivity contribution in [2.75, 3.05) is 13.2 Å². The Balaban J connectivity index is 1.69. The van der Waals surface area contributed by atoms with Crippen LogP contribution in [0.1, 0.15) is 34.3 Å². The molecule has 2 amide bonds. The van der Waals surface area contributed by atoms with Gasteiger partial charge in [0, 0.05) is 24.6 Å². The maximum Gasteiger partial charge on any atom is 0.341 e. The van der Waals surface area contributed by atoms with Gasteiger partial charge in [-0.25, -0.2) is 4.79 Å². The number of nitrogens with zero attached hydrogens (tertiary/aromatic N) is 1. The molecule has 0 unspecified atom stereocenters. The molecule has 0 aliphatic heterocycles. The first-order valence-corrected chi connectivity index (χ1v) is 12.1. The quantitative estimate of drug-likeness (QED) is 0.168. The van der Waals surface area contributed by atoms with Gasteiger partial charge < -0.3 is 20.5 Å². The number of benzene rings is 3. The lowest BCUT2D eigenvalue weighted by molar-refractivity contribution is -0.385. The van der Waals surface area contributed by atoms with E-state index in [0.717, 1.165) is 19.3 Å².